The van der Waals surface area contributed by atoms with E-state index in [1.165, 1.54) is 38.5 Å². The molecule has 0 aromatic rings. The van der Waals surface area contributed by atoms with Crippen molar-refractivity contribution in [2.75, 3.05) is 7.05 Å². The quantitative estimate of drug-likeness (QED) is 0.600. The van der Waals surface area contributed by atoms with Gasteiger partial charge in [-0.1, -0.05) is 0 Å². The summed E-state index contributed by atoms with van der Waals surface area (Å²) in [5.41, 5.74) is 0.161. The number of hydroxylamine groups is 2. The smallest absolute Gasteiger partial charge is 0.0979 e. The van der Waals surface area contributed by atoms with Crippen LogP contribution >= 0.6 is 0 Å². The van der Waals surface area contributed by atoms with Gasteiger partial charge in [0.1, 0.15) is 0 Å². The third-order valence-electron chi connectivity index (χ3n) is 4.79. The minimum Gasteiger partial charge on any atom is -0.634 e. The largest absolute Gasteiger partial charge is 0.634 e. The lowest BCUT2D eigenvalue weighted by Crippen LogP contribution is -3.14. The molecule has 2 heteroatoms. The van der Waals surface area contributed by atoms with E-state index < -0.39 is 0 Å². The van der Waals surface area contributed by atoms with Gasteiger partial charge >= 0.3 is 0 Å². The van der Waals surface area contributed by atoms with E-state index in [2.05, 4.69) is 0 Å². The van der Waals surface area contributed by atoms with E-state index in [9.17, 15) is 5.21 Å². The van der Waals surface area contributed by atoms with Gasteiger partial charge in [0.05, 0.1) is 12.6 Å². The van der Waals surface area contributed by atoms with E-state index in [4.69, 9.17) is 0 Å². The lowest BCUT2D eigenvalue weighted by molar-refractivity contribution is -0.893. The first-order chi connectivity index (χ1) is 6.18. The molecule has 74 valence electrons. The summed E-state index contributed by atoms with van der Waals surface area (Å²) >= 11 is 0. The van der Waals surface area contributed by atoms with Gasteiger partial charge < -0.3 is 10.3 Å². The highest BCUT2D eigenvalue weighted by molar-refractivity contribution is 5.02. The summed E-state index contributed by atoms with van der Waals surface area (Å²) in [5.74, 6) is 2.74. The average molecular weight is 181 g/mol. The van der Waals surface area contributed by atoms with Crippen LogP contribution in [0.5, 0.6) is 0 Å². The van der Waals surface area contributed by atoms with Gasteiger partial charge in [-0.05, 0) is 37.0 Å². The summed E-state index contributed by atoms with van der Waals surface area (Å²) < 4.78 is 0. The molecular formula is C11H19NO. The van der Waals surface area contributed by atoms with Crippen LogP contribution in [0.25, 0.3) is 0 Å². The molecule has 4 bridgehead atoms. The molecule has 4 fully saturated rings. The predicted molar refractivity (Wildman–Crippen MR) is 51.2 cm³/mol. The number of nitrogens with one attached hydrogen (secondary N) is 1. The third kappa shape index (κ3) is 1.08. The summed E-state index contributed by atoms with van der Waals surface area (Å²) in [6.45, 7) is 0. The van der Waals surface area contributed by atoms with Gasteiger partial charge in [-0.2, -0.15) is 0 Å². The van der Waals surface area contributed by atoms with E-state index >= 15 is 0 Å². The summed E-state index contributed by atoms with van der Waals surface area (Å²) in [5, 5.41) is 12.2. The van der Waals surface area contributed by atoms with Crippen molar-refractivity contribution in [2.24, 2.45) is 17.8 Å². The van der Waals surface area contributed by atoms with Crippen molar-refractivity contribution in [3.8, 4) is 0 Å². The van der Waals surface area contributed by atoms with E-state index in [0.29, 0.717) is 5.06 Å². The number of hydrogen-bond donors (Lipinski definition) is 1. The van der Waals surface area contributed by atoms with E-state index in [1.54, 1.807) is 0 Å². The van der Waals surface area contributed by atoms with E-state index in [1.807, 2.05) is 7.05 Å². The van der Waals surface area contributed by atoms with E-state index in [0.717, 1.165) is 17.8 Å². The highest BCUT2D eigenvalue weighted by Crippen LogP contribution is 2.54. The maximum Gasteiger partial charge on any atom is 0.0979 e. The molecule has 4 saturated carbocycles. The maximum atomic E-state index is 11.7. The highest BCUT2D eigenvalue weighted by atomic mass is 16.5. The van der Waals surface area contributed by atoms with Gasteiger partial charge in [0.25, 0.3) is 0 Å². The summed E-state index contributed by atoms with van der Waals surface area (Å²) in [6, 6.07) is 0. The Kier molecular flexibility index (Phi) is 1.58. The third-order valence-corrected chi connectivity index (χ3v) is 4.79. The Hall–Kier alpha value is -0.0800. The fourth-order valence-electron chi connectivity index (χ4n) is 4.54. The Labute approximate surface area is 79.9 Å². The van der Waals surface area contributed by atoms with Gasteiger partial charge in [-0.3, -0.25) is 0 Å². The van der Waals surface area contributed by atoms with Crippen molar-refractivity contribution in [3.05, 3.63) is 5.21 Å². The summed E-state index contributed by atoms with van der Waals surface area (Å²) in [7, 11) is 1.83. The van der Waals surface area contributed by atoms with Crippen LogP contribution in [0.2, 0.25) is 0 Å². The van der Waals surface area contributed by atoms with Crippen LogP contribution in [-0.2, 0) is 0 Å². The average Bonchev–Trinajstić information content (AvgIpc) is 2.00. The first kappa shape index (κ1) is 8.25. The minimum absolute atomic E-state index is 0.161. The fourth-order valence-corrected chi connectivity index (χ4v) is 4.54. The first-order valence-electron chi connectivity index (χ1n) is 5.69. The lowest BCUT2D eigenvalue weighted by Gasteiger charge is -2.58. The standard InChI is InChI=1S/C11H19NO/c1-12(13)11-5-8-2-9(6-11)4-10(3-8)7-11/h8-10,12H,2-7H2,1H3. The zero-order chi connectivity index (χ0) is 9.05. The van der Waals surface area contributed by atoms with E-state index in [-0.39, 0.29) is 5.54 Å². The van der Waals surface area contributed by atoms with Crippen molar-refractivity contribution in [1.82, 2.24) is 0 Å². The van der Waals surface area contributed by atoms with Crippen LogP contribution in [-0.4, -0.2) is 12.6 Å². The zero-order valence-corrected chi connectivity index (χ0v) is 8.38. The molecule has 1 N–H and O–H groups in total. The predicted octanol–water partition coefficient (Wildman–Crippen LogP) is 0.968. The molecule has 2 nitrogen and oxygen atoms in total. The van der Waals surface area contributed by atoms with Gasteiger partial charge in [0.2, 0.25) is 0 Å². The van der Waals surface area contributed by atoms with Crippen molar-refractivity contribution >= 4 is 0 Å². The van der Waals surface area contributed by atoms with Crippen LogP contribution in [0.15, 0.2) is 0 Å². The van der Waals surface area contributed by atoms with Crippen molar-refractivity contribution < 1.29 is 5.06 Å². The van der Waals surface area contributed by atoms with Crippen LogP contribution in [0.1, 0.15) is 38.5 Å². The molecule has 0 amide bonds. The van der Waals surface area contributed by atoms with Crippen molar-refractivity contribution in [1.29, 1.82) is 0 Å². The first-order valence-corrected chi connectivity index (χ1v) is 5.69. The molecule has 0 aromatic heterocycles. The monoisotopic (exact) mass is 181 g/mol. The van der Waals surface area contributed by atoms with Gasteiger partial charge in [-0.15, -0.1) is 0 Å². The molecule has 0 aliphatic heterocycles. The molecule has 0 spiro atoms. The molecule has 13 heavy (non-hydrogen) atoms. The number of quaternary nitrogens is 1. The van der Waals surface area contributed by atoms with Crippen LogP contribution in [0.4, 0.5) is 0 Å². The normalized spacial score (nSPS) is 55.4. The lowest BCUT2D eigenvalue weighted by atomic mass is 9.53. The topological polar surface area (TPSA) is 27.5 Å². The molecule has 0 saturated heterocycles. The summed E-state index contributed by atoms with van der Waals surface area (Å²) in [4.78, 5) is 0. The Morgan fingerprint density at radius 3 is 1.69 bits per heavy atom. The van der Waals surface area contributed by atoms with Crippen molar-refractivity contribution in [2.45, 2.75) is 44.1 Å². The van der Waals surface area contributed by atoms with Crippen LogP contribution in [0, 0.1) is 23.0 Å². The molecule has 0 aromatic carbocycles. The second-order valence-corrected chi connectivity index (χ2v) is 5.75. The van der Waals surface area contributed by atoms with Gasteiger partial charge in [-0.25, -0.2) is 0 Å². The van der Waals surface area contributed by atoms with Crippen LogP contribution < -0.4 is 5.06 Å². The molecule has 4 rings (SSSR count). The molecule has 4 aliphatic carbocycles. The number of rotatable bonds is 1. The highest BCUT2D eigenvalue weighted by Gasteiger charge is 2.53. The molecule has 1 unspecified atom stereocenters. The second kappa shape index (κ2) is 2.48. The molecular weight excluding hydrogens is 162 g/mol. The molecule has 0 radical (unpaired) electrons. The molecule has 1 atom stereocenters. The maximum absolute atomic E-state index is 11.7. The Bertz CT molecular complexity index is 189. The summed E-state index contributed by atoms with van der Waals surface area (Å²) in [6.07, 6.45) is 8.00. The van der Waals surface area contributed by atoms with Crippen molar-refractivity contribution in [3.63, 3.8) is 0 Å². The fraction of sp³-hybridized carbons (Fsp3) is 1.00. The van der Waals surface area contributed by atoms with Crippen LogP contribution in [0.3, 0.4) is 0 Å². The minimum atomic E-state index is 0.161. The Morgan fingerprint density at radius 2 is 1.38 bits per heavy atom. The van der Waals surface area contributed by atoms with Gasteiger partial charge in [0.15, 0.2) is 0 Å². The Balaban J connectivity index is 1.91. The van der Waals surface area contributed by atoms with Gasteiger partial charge in [0, 0.05) is 19.3 Å². The molecule has 0 heterocycles. The molecule has 4 aliphatic rings. The Morgan fingerprint density at radius 1 is 1.00 bits per heavy atom. The second-order valence-electron chi connectivity index (χ2n) is 5.75. The number of hydrogen-bond acceptors (Lipinski definition) is 1. The SMILES string of the molecule is C[NH+]([O-])C12CC3CC(CC(C3)C1)C2. The zero-order valence-electron chi connectivity index (χ0n) is 8.38.